The summed E-state index contributed by atoms with van der Waals surface area (Å²) in [6.07, 6.45) is 2.26. The molecule has 2 heterocycles. The Kier molecular flexibility index (Phi) is 7.24. The minimum absolute atomic E-state index is 0.0449. The average molecular weight is 405 g/mol. The fraction of sp³-hybridized carbons (Fsp3) is 0.619. The number of hydrogen-bond acceptors (Lipinski definition) is 4. The Morgan fingerprint density at radius 2 is 2.25 bits per heavy atom. The van der Waals surface area contributed by atoms with Gasteiger partial charge >= 0.3 is 0 Å². The first-order chi connectivity index (χ1) is 13.5. The van der Waals surface area contributed by atoms with Crippen LogP contribution >= 0.6 is 11.8 Å². The third-order valence-corrected chi connectivity index (χ3v) is 6.39. The standard InChI is InChI=1S/C21H32N4O2S/c1-21(2)15-25(9-11-28-21)20(22-3)24-13-16-6-4-7-17(12-16)19(26)23-14-18-8-5-10-27-18/h4,6-7,12,18H,5,8-11,13-15H2,1-3H3,(H,22,24)(H,23,26). The van der Waals surface area contributed by atoms with Crippen LogP contribution in [0.3, 0.4) is 0 Å². The van der Waals surface area contributed by atoms with Crippen molar-refractivity contribution in [2.45, 2.75) is 44.1 Å². The summed E-state index contributed by atoms with van der Waals surface area (Å²) in [7, 11) is 1.83. The van der Waals surface area contributed by atoms with E-state index in [2.05, 4.69) is 34.4 Å². The summed E-state index contributed by atoms with van der Waals surface area (Å²) in [6.45, 7) is 8.55. The second-order valence-electron chi connectivity index (χ2n) is 7.98. The highest BCUT2D eigenvalue weighted by atomic mass is 32.2. The van der Waals surface area contributed by atoms with Gasteiger partial charge in [0.05, 0.1) is 6.10 Å². The normalized spacial score (nSPS) is 22.2. The van der Waals surface area contributed by atoms with Crippen LogP contribution in [0.2, 0.25) is 0 Å². The molecule has 7 heteroatoms. The van der Waals surface area contributed by atoms with Crippen molar-refractivity contribution in [2.75, 3.05) is 39.0 Å². The SMILES string of the molecule is CN=C(NCc1cccc(C(=O)NCC2CCCO2)c1)N1CCSC(C)(C)C1. The zero-order valence-electron chi connectivity index (χ0n) is 17.2. The lowest BCUT2D eigenvalue weighted by Gasteiger charge is -2.39. The molecule has 0 spiro atoms. The Morgan fingerprint density at radius 3 is 2.96 bits per heavy atom. The highest BCUT2D eigenvalue weighted by molar-refractivity contribution is 8.00. The predicted octanol–water partition coefficient (Wildman–Crippen LogP) is 2.50. The van der Waals surface area contributed by atoms with Crippen LogP contribution < -0.4 is 10.6 Å². The van der Waals surface area contributed by atoms with Crippen molar-refractivity contribution in [3.8, 4) is 0 Å². The highest BCUT2D eigenvalue weighted by Crippen LogP contribution is 2.29. The molecule has 0 radical (unpaired) electrons. The largest absolute Gasteiger partial charge is 0.376 e. The number of amides is 1. The summed E-state index contributed by atoms with van der Waals surface area (Å²) in [5.41, 5.74) is 1.75. The van der Waals surface area contributed by atoms with Crippen LogP contribution in [0.1, 0.15) is 42.6 Å². The molecule has 1 aromatic rings. The van der Waals surface area contributed by atoms with Gasteiger partial charge in [-0.3, -0.25) is 9.79 Å². The van der Waals surface area contributed by atoms with Gasteiger partial charge in [0, 0.05) is 55.9 Å². The third-order valence-electron chi connectivity index (χ3n) is 5.09. The number of carbonyl (C=O) groups is 1. The molecule has 1 aromatic carbocycles. The van der Waals surface area contributed by atoms with E-state index in [0.29, 0.717) is 18.7 Å². The van der Waals surface area contributed by atoms with Crippen molar-refractivity contribution < 1.29 is 9.53 Å². The van der Waals surface area contributed by atoms with Crippen LogP contribution in [-0.2, 0) is 11.3 Å². The number of carbonyl (C=O) groups excluding carboxylic acids is 1. The van der Waals surface area contributed by atoms with E-state index >= 15 is 0 Å². The van der Waals surface area contributed by atoms with Gasteiger partial charge in [-0.05, 0) is 44.4 Å². The van der Waals surface area contributed by atoms with Gasteiger partial charge in [0.25, 0.3) is 5.91 Å². The zero-order chi connectivity index (χ0) is 20.0. The monoisotopic (exact) mass is 404 g/mol. The number of aliphatic imine (C=N–C) groups is 1. The molecule has 1 amide bonds. The van der Waals surface area contributed by atoms with E-state index in [9.17, 15) is 4.79 Å². The molecule has 2 N–H and O–H groups in total. The average Bonchev–Trinajstić information content (AvgIpc) is 3.20. The molecule has 1 unspecified atom stereocenters. The number of ether oxygens (including phenoxy) is 1. The Morgan fingerprint density at radius 1 is 1.39 bits per heavy atom. The molecule has 2 saturated heterocycles. The first-order valence-electron chi connectivity index (χ1n) is 10.1. The van der Waals surface area contributed by atoms with Crippen LogP contribution in [0.4, 0.5) is 0 Å². The maximum Gasteiger partial charge on any atom is 0.251 e. The first-order valence-corrected chi connectivity index (χ1v) is 11.0. The Bertz CT molecular complexity index is 701. The molecule has 3 rings (SSSR count). The van der Waals surface area contributed by atoms with E-state index in [-0.39, 0.29) is 16.8 Å². The van der Waals surface area contributed by atoms with E-state index < -0.39 is 0 Å². The Hall–Kier alpha value is -1.73. The van der Waals surface area contributed by atoms with E-state index in [1.807, 2.05) is 43.1 Å². The molecule has 6 nitrogen and oxygen atoms in total. The van der Waals surface area contributed by atoms with E-state index in [1.54, 1.807) is 0 Å². The molecule has 2 aliphatic rings. The topological polar surface area (TPSA) is 66.0 Å². The number of rotatable bonds is 5. The molecule has 2 fully saturated rings. The fourth-order valence-corrected chi connectivity index (χ4v) is 4.76. The van der Waals surface area contributed by atoms with Crippen LogP contribution in [0.5, 0.6) is 0 Å². The van der Waals surface area contributed by atoms with Crippen molar-refractivity contribution in [3.05, 3.63) is 35.4 Å². The number of thioether (sulfide) groups is 1. The van der Waals surface area contributed by atoms with Gasteiger partial charge in [0.2, 0.25) is 0 Å². The van der Waals surface area contributed by atoms with Gasteiger partial charge in [-0.1, -0.05) is 12.1 Å². The third kappa shape index (κ3) is 5.88. The van der Waals surface area contributed by atoms with Crippen molar-refractivity contribution in [1.82, 2.24) is 15.5 Å². The number of nitrogens with zero attached hydrogens (tertiary/aromatic N) is 2. The number of benzene rings is 1. The first kappa shape index (κ1) is 21.0. The Balaban J connectivity index is 1.54. The summed E-state index contributed by atoms with van der Waals surface area (Å²) in [5.74, 6) is 1.98. The summed E-state index contributed by atoms with van der Waals surface area (Å²) < 4.78 is 5.80. The molecular weight excluding hydrogens is 372 g/mol. The van der Waals surface area contributed by atoms with Crippen molar-refractivity contribution in [1.29, 1.82) is 0 Å². The maximum atomic E-state index is 12.4. The summed E-state index contributed by atoms with van der Waals surface area (Å²) >= 11 is 2.01. The van der Waals surface area contributed by atoms with Crippen LogP contribution in [0.25, 0.3) is 0 Å². The number of nitrogens with one attached hydrogen (secondary N) is 2. The minimum atomic E-state index is -0.0449. The van der Waals surface area contributed by atoms with Gasteiger partial charge in [-0.15, -0.1) is 0 Å². The quantitative estimate of drug-likeness (QED) is 0.583. The minimum Gasteiger partial charge on any atom is -0.376 e. The summed E-state index contributed by atoms with van der Waals surface area (Å²) in [6, 6.07) is 7.77. The number of hydrogen-bond donors (Lipinski definition) is 2. The predicted molar refractivity (Wildman–Crippen MR) is 116 cm³/mol. The Labute approximate surface area is 172 Å². The molecule has 28 heavy (non-hydrogen) atoms. The van der Waals surface area contributed by atoms with Crippen LogP contribution in [-0.4, -0.2) is 66.7 Å². The zero-order valence-corrected chi connectivity index (χ0v) is 18.0. The second kappa shape index (κ2) is 9.65. The summed E-state index contributed by atoms with van der Waals surface area (Å²) in [5, 5.41) is 6.44. The van der Waals surface area contributed by atoms with Crippen molar-refractivity contribution in [2.24, 2.45) is 4.99 Å². The second-order valence-corrected chi connectivity index (χ2v) is 9.78. The molecular formula is C21H32N4O2S. The molecule has 1 atom stereocenters. The van der Waals surface area contributed by atoms with Crippen LogP contribution in [0, 0.1) is 0 Å². The van der Waals surface area contributed by atoms with Gasteiger partial charge in [0.15, 0.2) is 5.96 Å². The van der Waals surface area contributed by atoms with E-state index in [0.717, 1.165) is 49.8 Å². The molecule has 2 aliphatic heterocycles. The van der Waals surface area contributed by atoms with Gasteiger partial charge in [0.1, 0.15) is 0 Å². The smallest absolute Gasteiger partial charge is 0.251 e. The lowest BCUT2D eigenvalue weighted by atomic mass is 10.1. The number of guanidine groups is 1. The summed E-state index contributed by atoms with van der Waals surface area (Å²) in [4.78, 5) is 19.2. The van der Waals surface area contributed by atoms with E-state index in [1.165, 1.54) is 0 Å². The van der Waals surface area contributed by atoms with Crippen molar-refractivity contribution >= 4 is 23.6 Å². The lowest BCUT2D eigenvalue weighted by Crippen LogP contribution is -2.50. The molecule has 0 saturated carbocycles. The van der Waals surface area contributed by atoms with Gasteiger partial charge in [-0.25, -0.2) is 0 Å². The van der Waals surface area contributed by atoms with Crippen LogP contribution in [0.15, 0.2) is 29.3 Å². The lowest BCUT2D eigenvalue weighted by molar-refractivity contribution is 0.0857. The van der Waals surface area contributed by atoms with Gasteiger partial charge in [-0.2, -0.15) is 11.8 Å². The van der Waals surface area contributed by atoms with Crippen molar-refractivity contribution in [3.63, 3.8) is 0 Å². The molecule has 0 bridgehead atoms. The molecule has 0 aliphatic carbocycles. The molecule has 0 aromatic heterocycles. The molecule has 154 valence electrons. The van der Waals surface area contributed by atoms with E-state index in [4.69, 9.17) is 4.74 Å². The van der Waals surface area contributed by atoms with Gasteiger partial charge < -0.3 is 20.3 Å². The fourth-order valence-electron chi connectivity index (χ4n) is 3.65. The maximum absolute atomic E-state index is 12.4. The highest BCUT2D eigenvalue weighted by Gasteiger charge is 2.28.